The Kier molecular flexibility index (Phi) is 3.33. The first-order valence-electron chi connectivity index (χ1n) is 2.86. The molecule has 0 aliphatic carbocycles. The summed E-state index contributed by atoms with van der Waals surface area (Å²) in [5, 5.41) is 7.56. The van der Waals surface area contributed by atoms with Gasteiger partial charge in [-0.2, -0.15) is 5.26 Å². The molecule has 0 spiro atoms. The molecule has 0 rings (SSSR count). The highest BCUT2D eigenvalue weighted by Crippen LogP contribution is 1.93. The van der Waals surface area contributed by atoms with Crippen molar-refractivity contribution in [3.63, 3.8) is 0 Å². The topological polar surface area (TPSA) is 70.0 Å². The van der Waals surface area contributed by atoms with Crippen LogP contribution in [0.15, 0.2) is 0 Å². The summed E-state index contributed by atoms with van der Waals surface area (Å²) >= 11 is 0. The summed E-state index contributed by atoms with van der Waals surface area (Å²) in [6.45, 7) is 2.96. The first-order valence-corrected chi connectivity index (χ1v) is 4.40. The molecule has 0 heterocycles. The Labute approximate surface area is 60.9 Å². The maximum Gasteiger partial charge on any atom is 0.214 e. The fraction of sp³-hybridized carbons (Fsp3) is 0.800. The second-order valence-electron chi connectivity index (χ2n) is 2.07. The molecule has 10 heavy (non-hydrogen) atoms. The Morgan fingerprint density at radius 3 is 2.40 bits per heavy atom. The average Bonchev–Trinajstić information content (AvgIpc) is 1.84. The predicted octanol–water partition coefficient (Wildman–Crippen LogP) is -0.162. The second kappa shape index (κ2) is 3.54. The average molecular weight is 162 g/mol. The number of nitrogens with one attached hydrogen (secondary N) is 1. The van der Waals surface area contributed by atoms with Gasteiger partial charge in [-0.05, 0) is 13.8 Å². The molecule has 0 saturated heterocycles. The van der Waals surface area contributed by atoms with Crippen molar-refractivity contribution in [3.05, 3.63) is 0 Å². The zero-order valence-electron chi connectivity index (χ0n) is 5.96. The molecular weight excluding hydrogens is 152 g/mol. The Hall–Kier alpha value is -0.600. The van der Waals surface area contributed by atoms with Crippen LogP contribution in [0.5, 0.6) is 0 Å². The van der Waals surface area contributed by atoms with Crippen molar-refractivity contribution < 1.29 is 8.42 Å². The summed E-state index contributed by atoms with van der Waals surface area (Å²) in [7, 11) is -3.23. The maximum absolute atomic E-state index is 10.8. The van der Waals surface area contributed by atoms with Gasteiger partial charge in [-0.25, -0.2) is 13.1 Å². The van der Waals surface area contributed by atoms with Crippen LogP contribution in [0.3, 0.4) is 0 Å². The Morgan fingerprint density at radius 2 is 2.10 bits per heavy atom. The van der Waals surface area contributed by atoms with E-state index in [1.807, 2.05) is 0 Å². The molecule has 5 heteroatoms. The van der Waals surface area contributed by atoms with E-state index in [4.69, 9.17) is 5.26 Å². The molecule has 1 N–H and O–H groups in total. The van der Waals surface area contributed by atoms with Crippen LogP contribution in [0, 0.1) is 11.3 Å². The summed E-state index contributed by atoms with van der Waals surface area (Å²) in [5.41, 5.74) is 0. The summed E-state index contributed by atoms with van der Waals surface area (Å²) < 4.78 is 23.8. The third-order valence-corrected chi connectivity index (χ3v) is 2.76. The lowest BCUT2D eigenvalue weighted by Crippen LogP contribution is -2.30. The van der Waals surface area contributed by atoms with Crippen LogP contribution in [-0.2, 0) is 10.0 Å². The van der Waals surface area contributed by atoms with Gasteiger partial charge in [0.05, 0.1) is 17.9 Å². The second-order valence-corrected chi connectivity index (χ2v) is 4.39. The van der Waals surface area contributed by atoms with Crippen molar-refractivity contribution in [3.8, 4) is 6.07 Å². The van der Waals surface area contributed by atoms with Gasteiger partial charge >= 0.3 is 0 Å². The van der Waals surface area contributed by atoms with E-state index in [0.717, 1.165) is 0 Å². The first kappa shape index (κ1) is 9.40. The maximum atomic E-state index is 10.8. The van der Waals surface area contributed by atoms with Crippen molar-refractivity contribution in [2.45, 2.75) is 19.1 Å². The molecule has 0 radical (unpaired) electrons. The number of sulfonamides is 1. The lowest BCUT2D eigenvalue weighted by molar-refractivity contribution is 0.577. The van der Waals surface area contributed by atoms with E-state index in [1.54, 1.807) is 19.9 Å². The third-order valence-electron chi connectivity index (χ3n) is 0.973. The number of nitriles is 1. The van der Waals surface area contributed by atoms with Crippen molar-refractivity contribution in [1.29, 1.82) is 5.26 Å². The third kappa shape index (κ3) is 2.80. The predicted molar refractivity (Wildman–Crippen MR) is 37.7 cm³/mol. The van der Waals surface area contributed by atoms with Crippen molar-refractivity contribution in [2.75, 3.05) is 6.54 Å². The van der Waals surface area contributed by atoms with Gasteiger partial charge in [0, 0.05) is 0 Å². The Balaban J connectivity index is 4.06. The Bertz CT molecular complexity index is 225. The van der Waals surface area contributed by atoms with Gasteiger partial charge in [0.15, 0.2) is 0 Å². The van der Waals surface area contributed by atoms with E-state index >= 15 is 0 Å². The van der Waals surface area contributed by atoms with Crippen LogP contribution < -0.4 is 4.72 Å². The summed E-state index contributed by atoms with van der Waals surface area (Å²) in [6, 6.07) is 1.69. The quantitative estimate of drug-likeness (QED) is 0.586. The zero-order valence-corrected chi connectivity index (χ0v) is 6.77. The van der Waals surface area contributed by atoms with Crippen LogP contribution in [0.1, 0.15) is 13.8 Å². The molecule has 0 fully saturated rings. The number of nitrogens with zero attached hydrogens (tertiary/aromatic N) is 1. The number of rotatable bonds is 3. The molecule has 0 bridgehead atoms. The minimum Gasteiger partial charge on any atom is -0.212 e. The van der Waals surface area contributed by atoms with E-state index < -0.39 is 15.3 Å². The molecule has 0 aliphatic rings. The molecule has 0 atom stereocenters. The molecule has 0 saturated carbocycles. The lowest BCUT2D eigenvalue weighted by Gasteiger charge is -2.04. The molecular formula is C5H10N2O2S. The zero-order chi connectivity index (χ0) is 8.20. The largest absolute Gasteiger partial charge is 0.214 e. The SMILES string of the molecule is CC(C)S(=O)(=O)NCC#N. The smallest absolute Gasteiger partial charge is 0.212 e. The van der Waals surface area contributed by atoms with E-state index in [2.05, 4.69) is 4.72 Å². The molecule has 0 amide bonds. The van der Waals surface area contributed by atoms with Crippen LogP contribution in [0.25, 0.3) is 0 Å². The molecule has 0 aromatic heterocycles. The van der Waals surface area contributed by atoms with Crippen LogP contribution in [0.2, 0.25) is 0 Å². The van der Waals surface area contributed by atoms with Crippen molar-refractivity contribution in [1.82, 2.24) is 4.72 Å². The van der Waals surface area contributed by atoms with E-state index in [1.165, 1.54) is 0 Å². The summed E-state index contributed by atoms with van der Waals surface area (Å²) in [6.07, 6.45) is 0. The highest BCUT2D eigenvalue weighted by Gasteiger charge is 2.13. The molecule has 58 valence electrons. The van der Waals surface area contributed by atoms with Gasteiger partial charge < -0.3 is 0 Å². The fourth-order valence-corrected chi connectivity index (χ4v) is 0.899. The monoisotopic (exact) mass is 162 g/mol. The molecule has 0 unspecified atom stereocenters. The Morgan fingerprint density at radius 1 is 1.60 bits per heavy atom. The van der Waals surface area contributed by atoms with E-state index in [-0.39, 0.29) is 6.54 Å². The van der Waals surface area contributed by atoms with Crippen molar-refractivity contribution in [2.24, 2.45) is 0 Å². The fourth-order valence-electron chi connectivity index (χ4n) is 0.300. The van der Waals surface area contributed by atoms with Gasteiger partial charge in [0.1, 0.15) is 0 Å². The molecule has 0 aliphatic heterocycles. The van der Waals surface area contributed by atoms with Crippen LogP contribution >= 0.6 is 0 Å². The van der Waals surface area contributed by atoms with Crippen molar-refractivity contribution >= 4 is 10.0 Å². The minimum atomic E-state index is -3.23. The van der Waals surface area contributed by atoms with Gasteiger partial charge in [0.2, 0.25) is 10.0 Å². The summed E-state index contributed by atoms with van der Waals surface area (Å²) in [5.74, 6) is 0. The number of hydrogen-bond donors (Lipinski definition) is 1. The lowest BCUT2D eigenvalue weighted by atomic mass is 10.6. The van der Waals surface area contributed by atoms with Crippen LogP contribution in [0.4, 0.5) is 0 Å². The standard InChI is InChI=1S/C5H10N2O2S/c1-5(2)10(8,9)7-4-3-6/h5,7H,4H2,1-2H3. The highest BCUT2D eigenvalue weighted by atomic mass is 32.2. The first-order chi connectivity index (χ1) is 4.50. The molecule has 0 aromatic carbocycles. The van der Waals surface area contributed by atoms with E-state index in [0.29, 0.717) is 0 Å². The van der Waals surface area contributed by atoms with Gasteiger partial charge in [-0.15, -0.1) is 0 Å². The minimum absolute atomic E-state index is 0.152. The molecule has 0 aromatic rings. The summed E-state index contributed by atoms with van der Waals surface area (Å²) in [4.78, 5) is 0. The van der Waals surface area contributed by atoms with Gasteiger partial charge in [-0.1, -0.05) is 0 Å². The van der Waals surface area contributed by atoms with Crippen LogP contribution in [-0.4, -0.2) is 20.2 Å². The van der Waals surface area contributed by atoms with Gasteiger partial charge in [-0.3, -0.25) is 0 Å². The van der Waals surface area contributed by atoms with Gasteiger partial charge in [0.25, 0.3) is 0 Å². The normalized spacial score (nSPS) is 11.4. The number of hydrogen-bond acceptors (Lipinski definition) is 3. The van der Waals surface area contributed by atoms with E-state index in [9.17, 15) is 8.42 Å². The highest BCUT2D eigenvalue weighted by molar-refractivity contribution is 7.90. The molecule has 4 nitrogen and oxygen atoms in total.